The third-order valence-electron chi connectivity index (χ3n) is 2.39. The van der Waals surface area contributed by atoms with Crippen LogP contribution in [0.15, 0.2) is 23.3 Å². The van der Waals surface area contributed by atoms with E-state index in [0.717, 1.165) is 12.2 Å². The van der Waals surface area contributed by atoms with Crippen molar-refractivity contribution in [2.24, 2.45) is 0 Å². The zero-order chi connectivity index (χ0) is 11.5. The van der Waals surface area contributed by atoms with Gasteiger partial charge in [-0.2, -0.15) is 0 Å². The molecule has 0 amide bonds. The van der Waals surface area contributed by atoms with Gasteiger partial charge >= 0.3 is 0 Å². The number of aryl methyl sites for hydroxylation is 2. The number of nitrogens with zero attached hydrogens (tertiary/aromatic N) is 3. The molecule has 0 saturated heterocycles. The van der Waals surface area contributed by atoms with Gasteiger partial charge in [0.15, 0.2) is 0 Å². The number of nitrogens with one attached hydrogen (secondary N) is 1. The van der Waals surface area contributed by atoms with Gasteiger partial charge in [-0.1, -0.05) is 13.8 Å². The second-order valence-corrected chi connectivity index (χ2v) is 3.47. The summed E-state index contributed by atoms with van der Waals surface area (Å²) in [5.74, 6) is 2.23. The molecule has 0 unspecified atom stereocenters. The fraction of sp³-hybridized carbons (Fsp3) is 0.364. The molecule has 2 heterocycles. The summed E-state index contributed by atoms with van der Waals surface area (Å²) in [4.78, 5) is 22.7. The van der Waals surface area contributed by atoms with Gasteiger partial charge in [-0.05, 0) is 0 Å². The quantitative estimate of drug-likeness (QED) is 0.838. The molecule has 0 fully saturated rings. The zero-order valence-corrected chi connectivity index (χ0v) is 9.40. The van der Waals surface area contributed by atoms with E-state index in [0.29, 0.717) is 18.1 Å². The van der Waals surface area contributed by atoms with E-state index in [9.17, 15) is 4.79 Å². The molecule has 5 nitrogen and oxygen atoms in total. The van der Waals surface area contributed by atoms with Gasteiger partial charge in [-0.3, -0.25) is 9.36 Å². The predicted octanol–water partition coefficient (Wildman–Crippen LogP) is 1.08. The minimum atomic E-state index is -0.127. The molecule has 0 atom stereocenters. The van der Waals surface area contributed by atoms with Gasteiger partial charge in [0.05, 0.1) is 0 Å². The van der Waals surface area contributed by atoms with Crippen LogP contribution in [0.4, 0.5) is 0 Å². The number of rotatable bonds is 3. The summed E-state index contributed by atoms with van der Waals surface area (Å²) in [5.41, 5.74) is -0.127. The highest BCUT2D eigenvalue weighted by atomic mass is 16.1. The minimum Gasteiger partial charge on any atom is -0.310 e. The third-order valence-corrected chi connectivity index (χ3v) is 2.39. The van der Waals surface area contributed by atoms with E-state index in [1.807, 2.05) is 24.6 Å². The smallest absolute Gasteiger partial charge is 0.253 e. The number of H-pyrrole nitrogens is 1. The normalized spacial score (nSPS) is 10.6. The predicted molar refractivity (Wildman–Crippen MR) is 60.7 cm³/mol. The van der Waals surface area contributed by atoms with Crippen LogP contribution in [0.25, 0.3) is 5.82 Å². The van der Waals surface area contributed by atoms with Crippen LogP contribution in [0.3, 0.4) is 0 Å². The van der Waals surface area contributed by atoms with E-state index in [1.54, 1.807) is 6.20 Å². The highest BCUT2D eigenvalue weighted by Crippen LogP contribution is 2.06. The minimum absolute atomic E-state index is 0.127. The highest BCUT2D eigenvalue weighted by Gasteiger charge is 2.06. The first-order chi connectivity index (χ1) is 7.74. The molecule has 0 bridgehead atoms. The molecule has 0 spiro atoms. The van der Waals surface area contributed by atoms with Crippen LogP contribution in [0.2, 0.25) is 0 Å². The lowest BCUT2D eigenvalue weighted by atomic mass is 10.4. The van der Waals surface area contributed by atoms with E-state index in [1.165, 1.54) is 6.07 Å². The van der Waals surface area contributed by atoms with E-state index in [4.69, 9.17) is 0 Å². The van der Waals surface area contributed by atoms with Gasteiger partial charge in [0.25, 0.3) is 5.56 Å². The number of aromatic amines is 1. The summed E-state index contributed by atoms with van der Waals surface area (Å²) < 4.78 is 1.84. The van der Waals surface area contributed by atoms with Crippen molar-refractivity contribution in [3.63, 3.8) is 0 Å². The molecule has 0 aromatic carbocycles. The van der Waals surface area contributed by atoms with Crippen LogP contribution >= 0.6 is 0 Å². The zero-order valence-electron chi connectivity index (χ0n) is 9.40. The molecular weight excluding hydrogens is 204 g/mol. The standard InChI is InChI=1S/C11H14N4O/c1-3-8-13-10(7-11(16)14-8)15-6-5-12-9(15)4-2/h5-7H,3-4H2,1-2H3,(H,13,14,16). The first kappa shape index (κ1) is 10.6. The average Bonchev–Trinajstić information content (AvgIpc) is 2.76. The summed E-state index contributed by atoms with van der Waals surface area (Å²) in [7, 11) is 0. The van der Waals surface area contributed by atoms with Crippen LogP contribution in [-0.4, -0.2) is 19.5 Å². The Labute approximate surface area is 93.2 Å². The fourth-order valence-electron chi connectivity index (χ4n) is 1.59. The fourth-order valence-corrected chi connectivity index (χ4v) is 1.59. The second kappa shape index (κ2) is 4.30. The lowest BCUT2D eigenvalue weighted by molar-refractivity contribution is 0.827. The summed E-state index contributed by atoms with van der Waals surface area (Å²) in [5, 5.41) is 0. The molecule has 0 saturated carbocycles. The summed E-state index contributed by atoms with van der Waals surface area (Å²) >= 11 is 0. The van der Waals surface area contributed by atoms with Crippen molar-refractivity contribution in [2.75, 3.05) is 0 Å². The number of imidazole rings is 1. The molecule has 0 aliphatic rings. The SMILES string of the molecule is CCc1nc(-n2ccnc2CC)cc(=O)[nH]1. The van der Waals surface area contributed by atoms with Crippen molar-refractivity contribution in [2.45, 2.75) is 26.7 Å². The van der Waals surface area contributed by atoms with Crippen LogP contribution in [0, 0.1) is 0 Å². The molecule has 0 radical (unpaired) electrons. The van der Waals surface area contributed by atoms with Gasteiger partial charge in [0.1, 0.15) is 17.5 Å². The Morgan fingerprint density at radius 1 is 1.38 bits per heavy atom. The average molecular weight is 218 g/mol. The molecule has 16 heavy (non-hydrogen) atoms. The largest absolute Gasteiger partial charge is 0.310 e. The molecule has 2 rings (SSSR count). The maximum atomic E-state index is 11.4. The van der Waals surface area contributed by atoms with Crippen LogP contribution in [0.1, 0.15) is 25.5 Å². The first-order valence-electron chi connectivity index (χ1n) is 5.37. The lowest BCUT2D eigenvalue weighted by Gasteiger charge is -2.06. The monoisotopic (exact) mass is 218 g/mol. The maximum Gasteiger partial charge on any atom is 0.253 e. The van der Waals surface area contributed by atoms with Gasteiger partial charge in [0.2, 0.25) is 0 Å². The summed E-state index contributed by atoms with van der Waals surface area (Å²) in [6.45, 7) is 3.98. The topological polar surface area (TPSA) is 63.6 Å². The van der Waals surface area contributed by atoms with Crippen molar-refractivity contribution in [3.8, 4) is 5.82 Å². The molecular formula is C11H14N4O. The van der Waals surface area contributed by atoms with Gasteiger partial charge in [0, 0.05) is 31.3 Å². The molecule has 0 aliphatic heterocycles. The second-order valence-electron chi connectivity index (χ2n) is 3.47. The van der Waals surface area contributed by atoms with E-state index < -0.39 is 0 Å². The van der Waals surface area contributed by atoms with Gasteiger partial charge < -0.3 is 4.98 Å². The number of hydrogen-bond donors (Lipinski definition) is 1. The Kier molecular flexibility index (Phi) is 2.85. The molecule has 84 valence electrons. The third kappa shape index (κ3) is 1.88. The summed E-state index contributed by atoms with van der Waals surface area (Å²) in [6.07, 6.45) is 5.05. The van der Waals surface area contributed by atoms with Crippen molar-refractivity contribution in [1.82, 2.24) is 19.5 Å². The Morgan fingerprint density at radius 3 is 2.88 bits per heavy atom. The Balaban J connectivity index is 2.55. The van der Waals surface area contributed by atoms with Crippen molar-refractivity contribution >= 4 is 0 Å². The van der Waals surface area contributed by atoms with Crippen LogP contribution < -0.4 is 5.56 Å². The van der Waals surface area contributed by atoms with Crippen LogP contribution in [0.5, 0.6) is 0 Å². The Bertz CT molecular complexity index is 541. The molecule has 5 heteroatoms. The van der Waals surface area contributed by atoms with Crippen molar-refractivity contribution < 1.29 is 0 Å². The highest BCUT2D eigenvalue weighted by molar-refractivity contribution is 5.23. The number of aromatic nitrogens is 4. The van der Waals surface area contributed by atoms with Gasteiger partial charge in [-0.15, -0.1) is 0 Å². The van der Waals surface area contributed by atoms with Crippen LogP contribution in [-0.2, 0) is 12.8 Å². The Morgan fingerprint density at radius 2 is 2.19 bits per heavy atom. The molecule has 0 aliphatic carbocycles. The lowest BCUT2D eigenvalue weighted by Crippen LogP contribution is -2.14. The molecule has 2 aromatic heterocycles. The van der Waals surface area contributed by atoms with E-state index >= 15 is 0 Å². The number of hydrogen-bond acceptors (Lipinski definition) is 3. The van der Waals surface area contributed by atoms with Crippen molar-refractivity contribution in [3.05, 3.63) is 40.5 Å². The molecule has 1 N–H and O–H groups in total. The van der Waals surface area contributed by atoms with Gasteiger partial charge in [-0.25, -0.2) is 9.97 Å². The Hall–Kier alpha value is -1.91. The first-order valence-corrected chi connectivity index (χ1v) is 5.37. The molecule has 2 aromatic rings. The maximum absolute atomic E-state index is 11.4. The van der Waals surface area contributed by atoms with Crippen molar-refractivity contribution in [1.29, 1.82) is 0 Å². The van der Waals surface area contributed by atoms with E-state index in [-0.39, 0.29) is 5.56 Å². The van der Waals surface area contributed by atoms with E-state index in [2.05, 4.69) is 15.0 Å². The summed E-state index contributed by atoms with van der Waals surface area (Å²) in [6, 6.07) is 1.49.